The first-order chi connectivity index (χ1) is 14.8. The number of benzene rings is 2. The lowest BCUT2D eigenvalue weighted by molar-refractivity contribution is 0.0858. The van der Waals surface area contributed by atoms with E-state index in [2.05, 4.69) is 10.3 Å². The fourth-order valence-corrected chi connectivity index (χ4v) is 3.81. The Labute approximate surface area is 174 Å². The van der Waals surface area contributed by atoms with E-state index in [1.165, 1.54) is 0 Å². The molecular weight excluding hydrogens is 376 g/mol. The van der Waals surface area contributed by atoms with E-state index in [1.807, 2.05) is 71.3 Å². The predicted molar refractivity (Wildman–Crippen MR) is 116 cm³/mol. The Hall–Kier alpha value is -3.51. The molecule has 2 aromatic heterocycles. The maximum absolute atomic E-state index is 12.5. The zero-order valence-electron chi connectivity index (χ0n) is 16.5. The third kappa shape index (κ3) is 3.57. The van der Waals surface area contributed by atoms with Crippen LogP contribution >= 0.6 is 0 Å². The van der Waals surface area contributed by atoms with E-state index in [0.717, 1.165) is 47.7 Å². The van der Waals surface area contributed by atoms with Crippen molar-refractivity contribution in [1.29, 1.82) is 0 Å². The summed E-state index contributed by atoms with van der Waals surface area (Å²) in [5.41, 5.74) is 4.15. The summed E-state index contributed by atoms with van der Waals surface area (Å²) in [4.78, 5) is 21.8. The fourth-order valence-electron chi connectivity index (χ4n) is 3.81. The molecule has 150 valence electrons. The van der Waals surface area contributed by atoms with Gasteiger partial charge in [-0.05, 0) is 49.2 Å². The summed E-state index contributed by atoms with van der Waals surface area (Å²) in [6, 6.07) is 21.4. The van der Waals surface area contributed by atoms with Gasteiger partial charge >= 0.3 is 0 Å². The Kier molecular flexibility index (Phi) is 4.99. The zero-order chi connectivity index (χ0) is 20.3. The van der Waals surface area contributed by atoms with Crippen LogP contribution in [0.25, 0.3) is 28.2 Å². The number of pyridine rings is 1. The monoisotopic (exact) mass is 398 g/mol. The Bertz CT molecular complexity index is 1160. The van der Waals surface area contributed by atoms with E-state index in [9.17, 15) is 4.79 Å². The number of nitrogens with one attached hydrogen (secondary N) is 1. The Morgan fingerprint density at radius 2 is 1.90 bits per heavy atom. The van der Waals surface area contributed by atoms with Gasteiger partial charge in [0.1, 0.15) is 11.3 Å². The average Bonchev–Trinajstić information content (AvgIpc) is 3.46. The molecule has 0 unspecified atom stereocenters. The summed E-state index contributed by atoms with van der Waals surface area (Å²) in [7, 11) is 0. The molecule has 1 atom stereocenters. The molecule has 4 aromatic rings. The normalized spacial score (nSPS) is 16.1. The van der Waals surface area contributed by atoms with Gasteiger partial charge < -0.3 is 10.1 Å². The average molecular weight is 398 g/mol. The number of amides is 1. The summed E-state index contributed by atoms with van der Waals surface area (Å²) in [5, 5.41) is 2.97. The molecule has 0 bridgehead atoms. The number of aromatic nitrogens is 3. The van der Waals surface area contributed by atoms with Crippen LogP contribution in [0.15, 0.2) is 72.9 Å². The standard InChI is InChI=1S/C24H22N4O2/c29-24(26-16-20-8-5-15-30-20)18-10-12-19(13-11-18)28-22(17-6-2-1-3-7-17)27-21-9-4-14-25-23(21)28/h1-4,6-7,9-14,20H,5,8,15-16H2,(H,26,29)/t20-/m1/s1. The van der Waals surface area contributed by atoms with Crippen molar-refractivity contribution >= 4 is 17.1 Å². The Balaban J connectivity index is 1.46. The van der Waals surface area contributed by atoms with Crippen molar-refractivity contribution in [2.24, 2.45) is 0 Å². The van der Waals surface area contributed by atoms with E-state index in [4.69, 9.17) is 9.72 Å². The maximum atomic E-state index is 12.5. The number of imidazole rings is 1. The van der Waals surface area contributed by atoms with Gasteiger partial charge in [-0.1, -0.05) is 30.3 Å². The smallest absolute Gasteiger partial charge is 0.251 e. The van der Waals surface area contributed by atoms with E-state index in [1.54, 1.807) is 6.20 Å². The van der Waals surface area contributed by atoms with Crippen molar-refractivity contribution < 1.29 is 9.53 Å². The van der Waals surface area contributed by atoms with Crippen molar-refractivity contribution in [3.63, 3.8) is 0 Å². The summed E-state index contributed by atoms with van der Waals surface area (Å²) in [5.74, 6) is 0.730. The van der Waals surface area contributed by atoms with Gasteiger partial charge in [-0.2, -0.15) is 0 Å². The molecule has 1 saturated heterocycles. The number of carbonyl (C=O) groups excluding carboxylic acids is 1. The number of hydrogen-bond acceptors (Lipinski definition) is 4. The van der Waals surface area contributed by atoms with Gasteiger partial charge in [-0.3, -0.25) is 9.36 Å². The number of carbonyl (C=O) groups is 1. The van der Waals surface area contributed by atoms with Crippen LogP contribution in [0, 0.1) is 0 Å². The number of rotatable bonds is 5. The zero-order valence-corrected chi connectivity index (χ0v) is 16.5. The van der Waals surface area contributed by atoms with Crippen molar-refractivity contribution in [2.45, 2.75) is 18.9 Å². The van der Waals surface area contributed by atoms with Crippen molar-refractivity contribution in [3.8, 4) is 17.1 Å². The van der Waals surface area contributed by atoms with Crippen LogP contribution in [0.3, 0.4) is 0 Å². The molecule has 0 saturated carbocycles. The molecule has 1 aliphatic rings. The molecule has 1 fully saturated rings. The molecule has 6 heteroatoms. The second-order valence-corrected chi connectivity index (χ2v) is 7.37. The van der Waals surface area contributed by atoms with Crippen LogP contribution in [0.5, 0.6) is 0 Å². The summed E-state index contributed by atoms with van der Waals surface area (Å²) in [6.07, 6.45) is 3.96. The largest absolute Gasteiger partial charge is 0.376 e. The van der Waals surface area contributed by atoms with Gasteiger partial charge in [0.2, 0.25) is 0 Å². The highest BCUT2D eigenvalue weighted by Crippen LogP contribution is 2.27. The molecule has 6 nitrogen and oxygen atoms in total. The van der Waals surface area contributed by atoms with Crippen molar-refractivity contribution in [3.05, 3.63) is 78.5 Å². The summed E-state index contributed by atoms with van der Waals surface area (Å²) < 4.78 is 7.60. The first-order valence-electron chi connectivity index (χ1n) is 10.2. The van der Waals surface area contributed by atoms with Crippen LogP contribution < -0.4 is 5.32 Å². The SMILES string of the molecule is O=C(NC[C@H]1CCCO1)c1ccc(-n2c(-c3ccccc3)nc3cccnc32)cc1. The molecule has 0 spiro atoms. The molecule has 5 rings (SSSR count). The minimum Gasteiger partial charge on any atom is -0.376 e. The predicted octanol–water partition coefficient (Wildman–Crippen LogP) is 4.00. The van der Waals surface area contributed by atoms with E-state index >= 15 is 0 Å². The Morgan fingerprint density at radius 1 is 1.07 bits per heavy atom. The minimum atomic E-state index is -0.0889. The number of hydrogen-bond donors (Lipinski definition) is 1. The molecule has 1 amide bonds. The molecule has 30 heavy (non-hydrogen) atoms. The van der Waals surface area contributed by atoms with E-state index < -0.39 is 0 Å². The first kappa shape index (κ1) is 18.5. The topological polar surface area (TPSA) is 69.0 Å². The van der Waals surface area contributed by atoms with Crippen LogP contribution in [-0.2, 0) is 4.74 Å². The van der Waals surface area contributed by atoms with Gasteiger partial charge in [0.15, 0.2) is 5.65 Å². The molecule has 2 aromatic carbocycles. The molecule has 1 N–H and O–H groups in total. The van der Waals surface area contributed by atoms with Crippen molar-refractivity contribution in [2.75, 3.05) is 13.2 Å². The second kappa shape index (κ2) is 8.08. The maximum Gasteiger partial charge on any atom is 0.251 e. The molecule has 1 aliphatic heterocycles. The summed E-state index contributed by atoms with van der Waals surface area (Å²) >= 11 is 0. The highest BCUT2D eigenvalue weighted by atomic mass is 16.5. The third-order valence-corrected chi connectivity index (χ3v) is 5.35. The first-order valence-corrected chi connectivity index (χ1v) is 10.2. The molecule has 0 aliphatic carbocycles. The number of ether oxygens (including phenoxy) is 1. The second-order valence-electron chi connectivity index (χ2n) is 7.37. The van der Waals surface area contributed by atoms with Crippen LogP contribution in [-0.4, -0.2) is 39.7 Å². The van der Waals surface area contributed by atoms with Gasteiger partial charge in [-0.15, -0.1) is 0 Å². The lowest BCUT2D eigenvalue weighted by Gasteiger charge is -2.12. The molecule has 0 radical (unpaired) electrons. The van der Waals surface area contributed by atoms with Crippen LogP contribution in [0.2, 0.25) is 0 Å². The fraction of sp³-hybridized carbons (Fsp3) is 0.208. The van der Waals surface area contributed by atoms with Crippen LogP contribution in [0.4, 0.5) is 0 Å². The van der Waals surface area contributed by atoms with Crippen molar-refractivity contribution in [1.82, 2.24) is 19.9 Å². The highest BCUT2D eigenvalue weighted by molar-refractivity contribution is 5.94. The lowest BCUT2D eigenvalue weighted by Crippen LogP contribution is -2.31. The number of nitrogens with zero attached hydrogens (tertiary/aromatic N) is 3. The minimum absolute atomic E-state index is 0.0889. The van der Waals surface area contributed by atoms with Gasteiger partial charge in [-0.25, -0.2) is 9.97 Å². The van der Waals surface area contributed by atoms with Gasteiger partial charge in [0.25, 0.3) is 5.91 Å². The van der Waals surface area contributed by atoms with E-state index in [0.29, 0.717) is 12.1 Å². The van der Waals surface area contributed by atoms with E-state index in [-0.39, 0.29) is 12.0 Å². The van der Waals surface area contributed by atoms with Gasteiger partial charge in [0, 0.05) is 36.2 Å². The number of fused-ring (bicyclic) bond motifs is 1. The molecule has 3 heterocycles. The summed E-state index contributed by atoms with van der Waals surface area (Å²) in [6.45, 7) is 1.33. The Morgan fingerprint density at radius 3 is 2.67 bits per heavy atom. The molecular formula is C24H22N4O2. The quantitative estimate of drug-likeness (QED) is 0.552. The lowest BCUT2D eigenvalue weighted by atomic mass is 10.1. The van der Waals surface area contributed by atoms with Crippen LogP contribution in [0.1, 0.15) is 23.2 Å². The highest BCUT2D eigenvalue weighted by Gasteiger charge is 2.18. The van der Waals surface area contributed by atoms with Gasteiger partial charge in [0.05, 0.1) is 6.10 Å². The third-order valence-electron chi connectivity index (χ3n) is 5.35.